The van der Waals surface area contributed by atoms with Crippen LogP contribution in [0.5, 0.6) is 0 Å². The first-order valence-corrected chi connectivity index (χ1v) is 11.6. The lowest BCUT2D eigenvalue weighted by Crippen LogP contribution is -2.36. The van der Waals surface area contributed by atoms with E-state index in [0.29, 0.717) is 11.7 Å². The summed E-state index contributed by atoms with van der Waals surface area (Å²) in [5.41, 5.74) is 9.23. The van der Waals surface area contributed by atoms with Crippen LogP contribution < -0.4 is 5.73 Å². The fourth-order valence-electron chi connectivity index (χ4n) is 4.48. The Morgan fingerprint density at radius 3 is 2.29 bits per heavy atom. The van der Waals surface area contributed by atoms with Crippen LogP contribution in [0.25, 0.3) is 22.7 Å². The second-order valence-corrected chi connectivity index (χ2v) is 9.38. The van der Waals surface area contributed by atoms with Gasteiger partial charge in [-0.05, 0) is 62.3 Å². The van der Waals surface area contributed by atoms with Crippen molar-refractivity contribution in [2.45, 2.75) is 56.0 Å². The molecule has 34 heavy (non-hydrogen) atoms. The van der Waals surface area contributed by atoms with E-state index in [1.807, 2.05) is 24.4 Å². The number of nitrogens with two attached hydrogens (primary N) is 1. The topological polar surface area (TPSA) is 137 Å². The molecule has 0 atom stereocenters. The van der Waals surface area contributed by atoms with Crippen molar-refractivity contribution < 1.29 is 9.63 Å². The smallest absolute Gasteiger partial charge is 0.259 e. The lowest BCUT2D eigenvalue weighted by Gasteiger charge is -2.39. The number of hydrogen-bond acceptors (Lipinski definition) is 9. The minimum absolute atomic E-state index is 0.239. The van der Waals surface area contributed by atoms with Crippen LogP contribution in [-0.4, -0.2) is 40.8 Å². The summed E-state index contributed by atoms with van der Waals surface area (Å²) >= 11 is 0. The van der Waals surface area contributed by atoms with Crippen molar-refractivity contribution in [3.63, 3.8) is 0 Å². The standard InChI is InChI=1S/C25H25N7O2/c26-23-29-13-17(14-30-23)20-5-3-18(15-28-20)25(7-1-8-25)22-31-21(34-32-22)16-2-4-19(27-12-16)6-9-24(33)10-11-24/h2-5,12-15,33H,1,6-11H2,(H2,26,29,30). The molecule has 0 aliphatic heterocycles. The van der Waals surface area contributed by atoms with E-state index in [9.17, 15) is 5.11 Å². The summed E-state index contributed by atoms with van der Waals surface area (Å²) < 4.78 is 5.63. The zero-order chi connectivity index (χ0) is 23.2. The first-order chi connectivity index (χ1) is 16.5. The monoisotopic (exact) mass is 455 g/mol. The average molecular weight is 456 g/mol. The minimum atomic E-state index is -0.464. The highest BCUT2D eigenvalue weighted by Crippen LogP contribution is 2.48. The first kappa shape index (κ1) is 20.9. The van der Waals surface area contributed by atoms with Crippen molar-refractivity contribution in [3.05, 3.63) is 66.1 Å². The van der Waals surface area contributed by atoms with E-state index in [1.165, 1.54) is 0 Å². The molecule has 3 N–H and O–H groups in total. The molecule has 2 fully saturated rings. The van der Waals surface area contributed by atoms with Gasteiger partial charge in [0.1, 0.15) is 0 Å². The van der Waals surface area contributed by atoms with Gasteiger partial charge >= 0.3 is 0 Å². The number of aryl methyl sites for hydroxylation is 1. The molecular weight excluding hydrogens is 430 g/mol. The van der Waals surface area contributed by atoms with Gasteiger partial charge in [-0.2, -0.15) is 4.98 Å². The predicted octanol–water partition coefficient (Wildman–Crippen LogP) is 3.49. The normalized spacial score (nSPS) is 17.8. The molecule has 0 saturated heterocycles. The summed E-state index contributed by atoms with van der Waals surface area (Å²) in [6, 6.07) is 7.95. The molecule has 9 heteroatoms. The number of aromatic nitrogens is 6. The van der Waals surface area contributed by atoms with Gasteiger partial charge in [0, 0.05) is 36.0 Å². The minimum Gasteiger partial charge on any atom is -0.390 e. The third kappa shape index (κ3) is 3.81. The second kappa shape index (κ2) is 7.95. The molecule has 4 heterocycles. The number of rotatable bonds is 7. The number of hydrogen-bond donors (Lipinski definition) is 2. The highest BCUT2D eigenvalue weighted by atomic mass is 16.5. The summed E-state index contributed by atoms with van der Waals surface area (Å²) in [4.78, 5) is 22.0. The van der Waals surface area contributed by atoms with Crippen molar-refractivity contribution in [1.29, 1.82) is 0 Å². The maximum absolute atomic E-state index is 10.0. The summed E-state index contributed by atoms with van der Waals surface area (Å²) in [5.74, 6) is 1.38. The Hall–Kier alpha value is -3.72. The van der Waals surface area contributed by atoms with Gasteiger partial charge in [0.2, 0.25) is 5.95 Å². The average Bonchev–Trinajstić information content (AvgIpc) is 3.37. The fourth-order valence-corrected chi connectivity index (χ4v) is 4.48. The molecule has 4 aromatic rings. The zero-order valence-electron chi connectivity index (χ0n) is 18.7. The van der Waals surface area contributed by atoms with Crippen LogP contribution in [0.15, 0.2) is 53.6 Å². The lowest BCUT2D eigenvalue weighted by atomic mass is 9.64. The Kier molecular flexibility index (Phi) is 4.88. The van der Waals surface area contributed by atoms with Crippen molar-refractivity contribution in [3.8, 4) is 22.7 Å². The second-order valence-electron chi connectivity index (χ2n) is 9.38. The molecule has 0 unspecified atom stereocenters. The Morgan fingerprint density at radius 1 is 0.882 bits per heavy atom. The van der Waals surface area contributed by atoms with Crippen LogP contribution in [0.3, 0.4) is 0 Å². The van der Waals surface area contributed by atoms with E-state index >= 15 is 0 Å². The largest absolute Gasteiger partial charge is 0.390 e. The summed E-state index contributed by atoms with van der Waals surface area (Å²) in [6.45, 7) is 0. The van der Waals surface area contributed by atoms with Gasteiger partial charge in [0.25, 0.3) is 5.89 Å². The van der Waals surface area contributed by atoms with E-state index < -0.39 is 5.60 Å². The van der Waals surface area contributed by atoms with Crippen LogP contribution in [-0.2, 0) is 11.8 Å². The molecule has 0 spiro atoms. The molecule has 6 rings (SSSR count). The van der Waals surface area contributed by atoms with Crippen LogP contribution in [0.4, 0.5) is 5.95 Å². The van der Waals surface area contributed by atoms with Crippen molar-refractivity contribution >= 4 is 5.95 Å². The SMILES string of the molecule is Nc1ncc(-c2ccc(C3(c4noc(-c5ccc(CCC6(O)CC6)nc5)n4)CCC3)cn2)cn1. The molecular formula is C25H25N7O2. The third-order valence-corrected chi connectivity index (χ3v) is 7.09. The lowest BCUT2D eigenvalue weighted by molar-refractivity contribution is 0.140. The molecule has 2 aliphatic carbocycles. The Bertz CT molecular complexity index is 1290. The molecule has 0 radical (unpaired) electrons. The highest BCUT2D eigenvalue weighted by molar-refractivity contribution is 5.58. The van der Waals surface area contributed by atoms with Gasteiger partial charge in [-0.15, -0.1) is 0 Å². The van der Waals surface area contributed by atoms with Gasteiger partial charge < -0.3 is 15.4 Å². The molecule has 2 saturated carbocycles. The first-order valence-electron chi connectivity index (χ1n) is 11.6. The fraction of sp³-hybridized carbons (Fsp3) is 0.360. The van der Waals surface area contributed by atoms with Gasteiger partial charge in [-0.25, -0.2) is 9.97 Å². The van der Waals surface area contributed by atoms with Crippen LogP contribution in [0, 0.1) is 0 Å². The molecule has 4 aromatic heterocycles. The quantitative estimate of drug-likeness (QED) is 0.429. The van der Waals surface area contributed by atoms with E-state index in [-0.39, 0.29) is 11.4 Å². The Morgan fingerprint density at radius 2 is 1.68 bits per heavy atom. The number of pyridine rings is 2. The summed E-state index contributed by atoms with van der Waals surface area (Å²) in [6.07, 6.45) is 13.3. The predicted molar refractivity (Wildman–Crippen MR) is 124 cm³/mol. The van der Waals surface area contributed by atoms with Crippen molar-refractivity contribution in [2.24, 2.45) is 0 Å². The highest BCUT2D eigenvalue weighted by Gasteiger charge is 2.45. The number of anilines is 1. The number of nitrogen functional groups attached to an aromatic ring is 1. The van der Waals surface area contributed by atoms with Crippen LogP contribution in [0.1, 0.15) is 55.6 Å². The Labute approximate surface area is 196 Å². The van der Waals surface area contributed by atoms with Crippen LogP contribution in [0.2, 0.25) is 0 Å². The molecule has 172 valence electrons. The molecule has 2 aliphatic rings. The van der Waals surface area contributed by atoms with Gasteiger partial charge in [0.15, 0.2) is 5.82 Å². The van der Waals surface area contributed by atoms with E-state index in [1.54, 1.807) is 18.6 Å². The maximum Gasteiger partial charge on any atom is 0.259 e. The van der Waals surface area contributed by atoms with E-state index in [0.717, 1.165) is 73.0 Å². The summed E-state index contributed by atoms with van der Waals surface area (Å²) in [5, 5.41) is 14.4. The third-order valence-electron chi connectivity index (χ3n) is 7.09. The van der Waals surface area contributed by atoms with Gasteiger partial charge in [-0.1, -0.05) is 17.6 Å². The number of nitrogens with zero attached hydrogens (tertiary/aromatic N) is 6. The zero-order valence-corrected chi connectivity index (χ0v) is 18.7. The Balaban J connectivity index is 1.21. The van der Waals surface area contributed by atoms with E-state index in [4.69, 9.17) is 15.2 Å². The van der Waals surface area contributed by atoms with Crippen LogP contribution >= 0.6 is 0 Å². The molecule has 0 amide bonds. The van der Waals surface area contributed by atoms with Gasteiger partial charge in [0.05, 0.1) is 22.3 Å². The molecule has 9 nitrogen and oxygen atoms in total. The van der Waals surface area contributed by atoms with Gasteiger partial charge in [-0.3, -0.25) is 9.97 Å². The van der Waals surface area contributed by atoms with Crippen molar-refractivity contribution in [1.82, 2.24) is 30.1 Å². The number of aliphatic hydroxyl groups is 1. The van der Waals surface area contributed by atoms with E-state index in [2.05, 4.69) is 31.2 Å². The maximum atomic E-state index is 10.0. The molecule has 0 bridgehead atoms. The van der Waals surface area contributed by atoms with Crippen molar-refractivity contribution in [2.75, 3.05) is 5.73 Å². The molecule has 0 aromatic carbocycles. The summed E-state index contributed by atoms with van der Waals surface area (Å²) in [7, 11) is 0.